The lowest BCUT2D eigenvalue weighted by Crippen LogP contribution is -2.45. The number of para-hydroxylation sites is 1. The summed E-state index contributed by atoms with van der Waals surface area (Å²) in [6.45, 7) is 0.582. The van der Waals surface area contributed by atoms with E-state index in [1.165, 1.54) is 29.3 Å². The van der Waals surface area contributed by atoms with Crippen molar-refractivity contribution in [2.45, 2.75) is 12.5 Å². The van der Waals surface area contributed by atoms with E-state index < -0.39 is 12.0 Å². The molecule has 2 aromatic heterocycles. The van der Waals surface area contributed by atoms with E-state index in [0.29, 0.717) is 24.5 Å². The van der Waals surface area contributed by atoms with Crippen LogP contribution in [0.1, 0.15) is 28.4 Å². The normalized spacial score (nSPS) is 18.2. The molecule has 0 fully saturated rings. The van der Waals surface area contributed by atoms with E-state index in [-0.39, 0.29) is 11.5 Å². The van der Waals surface area contributed by atoms with Crippen LogP contribution in [0.4, 0.5) is 5.82 Å². The number of ether oxygens (including phenoxy) is 1. The van der Waals surface area contributed by atoms with Gasteiger partial charge in [-0.1, -0.05) is 48.5 Å². The number of aliphatic hydroxyl groups is 1. The molecule has 0 spiro atoms. The molecule has 2 aliphatic heterocycles. The topological polar surface area (TPSA) is 94.6 Å². The molecule has 0 aliphatic carbocycles. The highest BCUT2D eigenvalue weighted by Crippen LogP contribution is 2.48. The minimum Gasteiger partial charge on any atom is -0.481 e. The van der Waals surface area contributed by atoms with Crippen molar-refractivity contribution in [1.82, 2.24) is 19.9 Å². The second-order valence-corrected chi connectivity index (χ2v) is 8.88. The van der Waals surface area contributed by atoms with Gasteiger partial charge in [0.2, 0.25) is 0 Å². The molecule has 8 heteroatoms. The first-order chi connectivity index (χ1) is 17.6. The Bertz CT molecular complexity index is 1540. The number of hydrogen-bond acceptors (Lipinski definition) is 6. The average molecular weight is 480 g/mol. The zero-order chi connectivity index (χ0) is 24.8. The van der Waals surface area contributed by atoms with E-state index in [4.69, 9.17) is 4.74 Å². The van der Waals surface area contributed by atoms with E-state index in [9.17, 15) is 9.90 Å². The van der Waals surface area contributed by atoms with Gasteiger partial charge < -0.3 is 19.7 Å². The van der Waals surface area contributed by atoms with Crippen LogP contribution in [0.3, 0.4) is 0 Å². The van der Waals surface area contributed by atoms with Crippen molar-refractivity contribution >= 4 is 34.4 Å². The third-order valence-corrected chi connectivity index (χ3v) is 6.98. The molecule has 36 heavy (non-hydrogen) atoms. The molecule has 1 unspecified atom stereocenters. The van der Waals surface area contributed by atoms with Crippen LogP contribution in [0.2, 0.25) is 0 Å². The highest BCUT2D eigenvalue weighted by Gasteiger charge is 2.45. The summed E-state index contributed by atoms with van der Waals surface area (Å²) in [5.74, 6) is -0.227. The molecular formula is C28H25N5O3. The number of H-pyrrole nitrogens is 1. The Kier molecular flexibility index (Phi) is 5.21. The lowest BCUT2D eigenvalue weighted by atomic mass is 9.86. The maximum absolute atomic E-state index is 13.5. The average Bonchev–Trinajstić information content (AvgIpc) is 3.34. The van der Waals surface area contributed by atoms with E-state index in [1.807, 2.05) is 54.7 Å². The van der Waals surface area contributed by atoms with Gasteiger partial charge in [-0.3, -0.25) is 9.69 Å². The quantitative estimate of drug-likeness (QED) is 0.325. The molecule has 1 atom stereocenters. The minimum absolute atomic E-state index is 0.170. The van der Waals surface area contributed by atoms with Crippen LogP contribution in [-0.2, 0) is 16.0 Å². The third kappa shape index (κ3) is 3.33. The van der Waals surface area contributed by atoms with Crippen LogP contribution in [-0.4, -0.2) is 51.6 Å². The highest BCUT2D eigenvalue weighted by atomic mass is 16.6. The maximum Gasteiger partial charge on any atom is 0.287 e. The number of carbonyl (C=O) groups is 1. The van der Waals surface area contributed by atoms with Crippen molar-refractivity contribution in [3.63, 3.8) is 0 Å². The SMILES string of the molecule is CO/C(O)=C1/C(=O)N(C)c2ncnc3c2C1N(CCc1c[nH]c2ccccc12)C(c1ccccc1)=C3. The molecule has 4 aromatic rings. The Balaban J connectivity index is 1.53. The second-order valence-electron chi connectivity index (χ2n) is 8.88. The van der Waals surface area contributed by atoms with Gasteiger partial charge in [0.25, 0.3) is 11.9 Å². The van der Waals surface area contributed by atoms with Crippen molar-refractivity contribution in [3.8, 4) is 0 Å². The second kappa shape index (κ2) is 8.57. The van der Waals surface area contributed by atoms with E-state index in [1.54, 1.807) is 7.05 Å². The summed E-state index contributed by atoms with van der Waals surface area (Å²) in [5.41, 5.74) is 5.82. The van der Waals surface area contributed by atoms with Crippen LogP contribution in [0, 0.1) is 0 Å². The zero-order valence-electron chi connectivity index (χ0n) is 20.0. The summed E-state index contributed by atoms with van der Waals surface area (Å²) in [4.78, 5) is 29.4. The van der Waals surface area contributed by atoms with Gasteiger partial charge in [0.1, 0.15) is 17.7 Å². The Labute approximate surface area is 208 Å². The van der Waals surface area contributed by atoms with Gasteiger partial charge in [0, 0.05) is 42.0 Å². The first-order valence-electron chi connectivity index (χ1n) is 11.8. The zero-order valence-corrected chi connectivity index (χ0v) is 20.0. The summed E-state index contributed by atoms with van der Waals surface area (Å²) in [6, 6.07) is 17.6. The number of methoxy groups -OCH3 is 1. The van der Waals surface area contributed by atoms with Gasteiger partial charge >= 0.3 is 0 Å². The molecule has 0 saturated heterocycles. The first kappa shape index (κ1) is 21.9. The Morgan fingerprint density at radius 1 is 1.11 bits per heavy atom. The van der Waals surface area contributed by atoms with Crippen molar-refractivity contribution in [2.75, 3.05) is 25.6 Å². The summed E-state index contributed by atoms with van der Waals surface area (Å²) < 4.78 is 5.21. The largest absolute Gasteiger partial charge is 0.481 e. The fourth-order valence-corrected chi connectivity index (χ4v) is 5.25. The van der Waals surface area contributed by atoms with Gasteiger partial charge in [-0.05, 0) is 29.7 Å². The van der Waals surface area contributed by atoms with Crippen molar-refractivity contribution in [2.24, 2.45) is 0 Å². The van der Waals surface area contributed by atoms with Crippen molar-refractivity contribution in [3.05, 3.63) is 101 Å². The molecule has 0 bridgehead atoms. The molecule has 2 aromatic carbocycles. The lowest BCUT2D eigenvalue weighted by molar-refractivity contribution is -0.116. The summed E-state index contributed by atoms with van der Waals surface area (Å²) in [5, 5.41) is 12.0. The van der Waals surface area contributed by atoms with Gasteiger partial charge in [-0.25, -0.2) is 9.97 Å². The predicted molar refractivity (Wildman–Crippen MR) is 138 cm³/mol. The molecule has 2 N–H and O–H groups in total. The molecule has 0 radical (unpaired) electrons. The molecule has 180 valence electrons. The highest BCUT2D eigenvalue weighted by molar-refractivity contribution is 6.10. The van der Waals surface area contributed by atoms with Crippen molar-refractivity contribution in [1.29, 1.82) is 0 Å². The van der Waals surface area contributed by atoms with E-state index in [2.05, 4.69) is 32.0 Å². The summed E-state index contributed by atoms with van der Waals surface area (Å²) in [7, 11) is 3.01. The fourth-order valence-electron chi connectivity index (χ4n) is 5.25. The van der Waals surface area contributed by atoms with E-state index >= 15 is 0 Å². The Morgan fingerprint density at radius 2 is 1.89 bits per heavy atom. The lowest BCUT2D eigenvalue weighted by Gasteiger charge is -2.44. The van der Waals surface area contributed by atoms with Crippen molar-refractivity contribution < 1.29 is 14.6 Å². The number of rotatable bonds is 5. The minimum atomic E-state index is -0.606. The smallest absolute Gasteiger partial charge is 0.287 e. The first-order valence-corrected chi connectivity index (χ1v) is 11.8. The number of nitrogens with one attached hydrogen (secondary N) is 1. The van der Waals surface area contributed by atoms with Crippen LogP contribution >= 0.6 is 0 Å². The number of amides is 1. The summed E-state index contributed by atoms with van der Waals surface area (Å²) in [6.07, 6.45) is 6.26. The number of aromatic nitrogens is 3. The number of benzene rings is 2. The van der Waals surface area contributed by atoms with Crippen LogP contribution < -0.4 is 4.90 Å². The number of likely N-dealkylation sites (N-methyl/N-ethyl adjacent to an activating group) is 1. The van der Waals surface area contributed by atoms with Gasteiger partial charge in [0.05, 0.1) is 18.8 Å². The van der Waals surface area contributed by atoms with E-state index in [0.717, 1.165) is 22.3 Å². The number of aromatic amines is 1. The number of fused-ring (bicyclic) bond motifs is 1. The molecule has 1 amide bonds. The molecule has 2 aliphatic rings. The van der Waals surface area contributed by atoms with Gasteiger partial charge in [0.15, 0.2) is 0 Å². The molecule has 4 heterocycles. The predicted octanol–water partition coefficient (Wildman–Crippen LogP) is 4.45. The molecule has 8 nitrogen and oxygen atoms in total. The fraction of sp³-hybridized carbons (Fsp3) is 0.179. The van der Waals surface area contributed by atoms with Crippen LogP contribution in [0.15, 0.2) is 78.6 Å². The van der Waals surface area contributed by atoms with Gasteiger partial charge in [-0.2, -0.15) is 0 Å². The number of nitrogens with zero attached hydrogens (tertiary/aromatic N) is 4. The maximum atomic E-state index is 13.5. The number of hydrogen-bond donors (Lipinski definition) is 2. The van der Waals surface area contributed by atoms with Crippen LogP contribution in [0.5, 0.6) is 0 Å². The van der Waals surface area contributed by atoms with Gasteiger partial charge in [-0.15, -0.1) is 0 Å². The number of carbonyl (C=O) groups excluding carboxylic acids is 1. The number of anilines is 1. The molecule has 6 rings (SSSR count). The van der Waals surface area contributed by atoms with Crippen LogP contribution in [0.25, 0.3) is 22.7 Å². The Morgan fingerprint density at radius 3 is 2.69 bits per heavy atom. The molecule has 0 saturated carbocycles. The standard InChI is InChI=1S/C28H25N5O3/c1-32-26-23-21(30-16-31-26)14-22(17-8-4-3-5-9-17)33(25(23)24(27(32)34)28(35)36-2)13-12-18-15-29-20-11-7-6-10-19(18)20/h3-11,14-16,25,29,35H,12-13H2,1-2H3/b28-24+. The summed E-state index contributed by atoms with van der Waals surface area (Å²) >= 11 is 0. The monoisotopic (exact) mass is 479 g/mol. The molecular weight excluding hydrogens is 454 g/mol. The number of aliphatic hydroxyl groups excluding tert-OH is 1. The third-order valence-electron chi connectivity index (χ3n) is 6.98. The Hall–Kier alpha value is -4.59.